The third-order valence-corrected chi connectivity index (χ3v) is 4.84. The van der Waals surface area contributed by atoms with Gasteiger partial charge in [0, 0.05) is 28.6 Å². The molecule has 1 amide bonds. The Hall–Kier alpha value is -1.50. The molecule has 0 saturated heterocycles. The molecule has 1 aromatic rings. The highest BCUT2D eigenvalue weighted by molar-refractivity contribution is 8.76. The summed E-state index contributed by atoms with van der Waals surface area (Å²) < 4.78 is 0. The van der Waals surface area contributed by atoms with E-state index >= 15 is 0 Å². The summed E-state index contributed by atoms with van der Waals surface area (Å²) in [6.07, 6.45) is 1.13. The molecule has 0 unspecified atom stereocenters. The lowest BCUT2D eigenvalue weighted by molar-refractivity contribution is 0.0953. The second-order valence-corrected chi connectivity index (χ2v) is 6.49. The SMILES string of the molecule is CCCSSCCNC(=O)c1ccc(N=[N+]=[N-])cc1O. The molecule has 0 fully saturated rings. The second kappa shape index (κ2) is 9.41. The number of nitrogens with one attached hydrogen (secondary N) is 1. The first-order valence-electron chi connectivity index (χ1n) is 6.09. The number of hydrogen-bond acceptors (Lipinski definition) is 5. The minimum Gasteiger partial charge on any atom is -0.507 e. The number of phenols is 1. The lowest BCUT2D eigenvalue weighted by Gasteiger charge is -2.07. The van der Waals surface area contributed by atoms with Crippen molar-refractivity contribution in [3.63, 3.8) is 0 Å². The number of carbonyl (C=O) groups excluding carboxylic acids is 1. The van der Waals surface area contributed by atoms with E-state index in [1.54, 1.807) is 21.6 Å². The number of hydrogen-bond donors (Lipinski definition) is 2. The predicted molar refractivity (Wildman–Crippen MR) is 84.5 cm³/mol. The van der Waals surface area contributed by atoms with Gasteiger partial charge in [-0.2, -0.15) is 0 Å². The van der Waals surface area contributed by atoms with Crippen molar-refractivity contribution < 1.29 is 9.90 Å². The fraction of sp³-hybridized carbons (Fsp3) is 0.417. The first kappa shape index (κ1) is 16.6. The number of azide groups is 1. The van der Waals surface area contributed by atoms with Crippen LogP contribution in [0.4, 0.5) is 5.69 Å². The van der Waals surface area contributed by atoms with Gasteiger partial charge < -0.3 is 10.4 Å². The Morgan fingerprint density at radius 1 is 1.45 bits per heavy atom. The fourth-order valence-corrected chi connectivity index (χ4v) is 3.37. The van der Waals surface area contributed by atoms with Crippen LogP contribution in [0.15, 0.2) is 23.3 Å². The summed E-state index contributed by atoms with van der Waals surface area (Å²) in [5, 5.41) is 15.8. The summed E-state index contributed by atoms with van der Waals surface area (Å²) in [5.41, 5.74) is 8.73. The first-order chi connectivity index (χ1) is 9.69. The normalized spacial score (nSPS) is 9.85. The van der Waals surface area contributed by atoms with E-state index in [4.69, 9.17) is 5.53 Å². The maximum atomic E-state index is 11.8. The topological polar surface area (TPSA) is 98.1 Å². The first-order valence-corrected chi connectivity index (χ1v) is 8.58. The zero-order chi connectivity index (χ0) is 14.8. The molecule has 0 spiro atoms. The second-order valence-electron chi connectivity index (χ2n) is 3.79. The van der Waals surface area contributed by atoms with Gasteiger partial charge in [-0.1, -0.05) is 39.7 Å². The van der Waals surface area contributed by atoms with Gasteiger partial charge in [0.1, 0.15) is 5.75 Å². The largest absolute Gasteiger partial charge is 0.507 e. The van der Waals surface area contributed by atoms with Gasteiger partial charge in [0.15, 0.2) is 0 Å². The van der Waals surface area contributed by atoms with Crippen LogP contribution in [0.1, 0.15) is 23.7 Å². The molecule has 1 aromatic carbocycles. The maximum absolute atomic E-state index is 11.8. The number of carbonyl (C=O) groups is 1. The van der Waals surface area contributed by atoms with E-state index in [9.17, 15) is 9.90 Å². The summed E-state index contributed by atoms with van der Waals surface area (Å²) in [6.45, 7) is 2.66. The lowest BCUT2D eigenvalue weighted by atomic mass is 10.1. The van der Waals surface area contributed by atoms with Crippen molar-refractivity contribution in [3.05, 3.63) is 34.2 Å². The fourth-order valence-electron chi connectivity index (χ4n) is 1.33. The van der Waals surface area contributed by atoms with Crippen molar-refractivity contribution in [1.29, 1.82) is 0 Å². The molecule has 8 heteroatoms. The van der Waals surface area contributed by atoms with Crippen LogP contribution in [0.3, 0.4) is 0 Å². The third kappa shape index (κ3) is 5.64. The molecule has 6 nitrogen and oxygen atoms in total. The zero-order valence-electron chi connectivity index (χ0n) is 11.1. The van der Waals surface area contributed by atoms with Gasteiger partial charge in [-0.15, -0.1) is 0 Å². The average molecular weight is 312 g/mol. The van der Waals surface area contributed by atoms with Crippen molar-refractivity contribution in [2.75, 3.05) is 18.1 Å². The van der Waals surface area contributed by atoms with E-state index in [-0.39, 0.29) is 22.9 Å². The summed E-state index contributed by atoms with van der Waals surface area (Å²) in [5.74, 6) is 1.38. The van der Waals surface area contributed by atoms with Crippen molar-refractivity contribution in [2.24, 2.45) is 5.11 Å². The van der Waals surface area contributed by atoms with Gasteiger partial charge in [-0.3, -0.25) is 4.79 Å². The monoisotopic (exact) mass is 312 g/mol. The van der Waals surface area contributed by atoms with Crippen LogP contribution in [-0.4, -0.2) is 29.1 Å². The molecule has 0 bridgehead atoms. The van der Waals surface area contributed by atoms with E-state index in [2.05, 4.69) is 22.3 Å². The van der Waals surface area contributed by atoms with Crippen molar-refractivity contribution in [1.82, 2.24) is 5.32 Å². The van der Waals surface area contributed by atoms with E-state index in [1.807, 2.05) is 0 Å². The van der Waals surface area contributed by atoms with Crippen LogP contribution in [0.5, 0.6) is 5.75 Å². The summed E-state index contributed by atoms with van der Waals surface area (Å²) in [6, 6.07) is 4.19. The lowest BCUT2D eigenvalue weighted by Crippen LogP contribution is -2.25. The molecule has 0 heterocycles. The minimum atomic E-state index is -0.337. The van der Waals surface area contributed by atoms with Gasteiger partial charge in [0.25, 0.3) is 5.91 Å². The Labute approximate surface area is 125 Å². The van der Waals surface area contributed by atoms with Gasteiger partial charge in [0.2, 0.25) is 0 Å². The molecule has 0 aliphatic heterocycles. The van der Waals surface area contributed by atoms with Crippen molar-refractivity contribution in [3.8, 4) is 5.75 Å². The molecule has 0 atom stereocenters. The Balaban J connectivity index is 2.45. The third-order valence-electron chi connectivity index (χ3n) is 2.23. The molecule has 0 aliphatic carbocycles. The van der Waals surface area contributed by atoms with Gasteiger partial charge in [-0.25, -0.2) is 0 Å². The molecule has 1 rings (SSSR count). The predicted octanol–water partition coefficient (Wildman–Crippen LogP) is 3.86. The Morgan fingerprint density at radius 3 is 2.85 bits per heavy atom. The van der Waals surface area contributed by atoms with E-state index in [1.165, 1.54) is 18.2 Å². The van der Waals surface area contributed by atoms with Crippen LogP contribution < -0.4 is 5.32 Å². The minimum absolute atomic E-state index is 0.174. The number of aromatic hydroxyl groups is 1. The molecular formula is C12H16N4O2S2. The van der Waals surface area contributed by atoms with Crippen LogP contribution >= 0.6 is 21.6 Å². The summed E-state index contributed by atoms with van der Waals surface area (Å²) in [4.78, 5) is 14.4. The average Bonchev–Trinajstić information content (AvgIpc) is 2.43. The number of nitrogens with zero attached hydrogens (tertiary/aromatic N) is 3. The number of amides is 1. The van der Waals surface area contributed by atoms with Crippen LogP contribution in [0, 0.1) is 0 Å². The molecule has 108 valence electrons. The Kier molecular flexibility index (Phi) is 7.79. The van der Waals surface area contributed by atoms with Crippen LogP contribution in [-0.2, 0) is 0 Å². The molecule has 0 saturated carbocycles. The molecule has 0 aliphatic rings. The van der Waals surface area contributed by atoms with Gasteiger partial charge in [-0.05, 0) is 24.1 Å². The van der Waals surface area contributed by atoms with Crippen molar-refractivity contribution in [2.45, 2.75) is 13.3 Å². The highest BCUT2D eigenvalue weighted by Crippen LogP contribution is 2.24. The summed E-state index contributed by atoms with van der Waals surface area (Å²) >= 11 is 0. The maximum Gasteiger partial charge on any atom is 0.255 e. The van der Waals surface area contributed by atoms with Crippen LogP contribution in [0.25, 0.3) is 10.4 Å². The van der Waals surface area contributed by atoms with Crippen LogP contribution in [0.2, 0.25) is 0 Å². The van der Waals surface area contributed by atoms with E-state index in [0.29, 0.717) is 6.54 Å². The molecule has 2 N–H and O–H groups in total. The molecular weight excluding hydrogens is 296 g/mol. The standard InChI is InChI=1S/C12H16N4O2S2/c1-2-6-19-20-7-5-14-12(18)10-4-3-9(15-16-13)8-11(10)17/h3-4,8,17H,2,5-7H2,1H3,(H,14,18). The Bertz CT molecular complexity index is 504. The number of benzene rings is 1. The highest BCUT2D eigenvalue weighted by atomic mass is 33.1. The Morgan fingerprint density at radius 2 is 2.20 bits per heavy atom. The number of phenolic OH excluding ortho intramolecular Hbond substituents is 1. The molecule has 20 heavy (non-hydrogen) atoms. The molecule has 0 aromatic heterocycles. The smallest absolute Gasteiger partial charge is 0.255 e. The van der Waals surface area contributed by atoms with E-state index < -0.39 is 0 Å². The highest BCUT2D eigenvalue weighted by Gasteiger charge is 2.10. The quantitative estimate of drug-likeness (QED) is 0.250. The molecule has 0 radical (unpaired) electrons. The van der Waals surface area contributed by atoms with Crippen molar-refractivity contribution >= 4 is 33.2 Å². The van der Waals surface area contributed by atoms with Gasteiger partial charge >= 0.3 is 0 Å². The zero-order valence-corrected chi connectivity index (χ0v) is 12.7. The number of rotatable bonds is 8. The summed E-state index contributed by atoms with van der Waals surface area (Å²) in [7, 11) is 3.49. The van der Waals surface area contributed by atoms with E-state index in [0.717, 1.165) is 17.9 Å². The van der Waals surface area contributed by atoms with Gasteiger partial charge in [0.05, 0.1) is 5.56 Å².